The molecule has 0 aliphatic rings. The Bertz CT molecular complexity index is 808. The highest BCUT2D eigenvalue weighted by Crippen LogP contribution is 2.22. The van der Waals surface area contributed by atoms with Gasteiger partial charge in [-0.1, -0.05) is 35.9 Å². The van der Waals surface area contributed by atoms with E-state index in [1.165, 1.54) is 17.4 Å². The molecule has 22 heavy (non-hydrogen) atoms. The van der Waals surface area contributed by atoms with Gasteiger partial charge in [0.1, 0.15) is 11.6 Å². The predicted octanol–water partition coefficient (Wildman–Crippen LogP) is 4.71. The van der Waals surface area contributed by atoms with Crippen LogP contribution < -0.4 is 0 Å². The Balaban J connectivity index is 1.61. The Labute approximate surface area is 136 Å². The zero-order valence-corrected chi connectivity index (χ0v) is 13.1. The summed E-state index contributed by atoms with van der Waals surface area (Å²) in [6.45, 7) is 0.198. The van der Waals surface area contributed by atoms with Crippen LogP contribution in [0.15, 0.2) is 54.6 Å². The van der Waals surface area contributed by atoms with Gasteiger partial charge < -0.3 is 4.74 Å². The number of carbonyl (C=O) groups is 1. The number of para-hydroxylation sites is 1. The van der Waals surface area contributed by atoms with Crippen molar-refractivity contribution in [2.75, 3.05) is 0 Å². The average Bonchev–Trinajstić information content (AvgIpc) is 2.94. The number of fused-ring (bicyclic) bond motifs is 1. The van der Waals surface area contributed by atoms with Crippen LogP contribution in [0.5, 0.6) is 0 Å². The van der Waals surface area contributed by atoms with E-state index < -0.39 is 5.97 Å². The molecule has 5 heteroatoms. The van der Waals surface area contributed by atoms with Crippen molar-refractivity contribution < 1.29 is 9.53 Å². The molecule has 0 aliphatic heterocycles. The first-order chi connectivity index (χ1) is 10.7. The zero-order chi connectivity index (χ0) is 15.4. The van der Waals surface area contributed by atoms with Gasteiger partial charge in [0.05, 0.1) is 10.2 Å². The number of rotatable bonds is 4. The lowest BCUT2D eigenvalue weighted by molar-refractivity contribution is -0.138. The first-order valence-corrected chi connectivity index (χ1v) is 7.85. The second-order valence-electron chi connectivity index (χ2n) is 4.59. The second-order valence-corrected chi connectivity index (χ2v) is 6.09. The fraction of sp³-hybridized carbons (Fsp3) is 0.0588. The van der Waals surface area contributed by atoms with E-state index in [-0.39, 0.29) is 6.61 Å². The summed E-state index contributed by atoms with van der Waals surface area (Å²) in [4.78, 5) is 16.1. The van der Waals surface area contributed by atoms with Crippen molar-refractivity contribution in [2.45, 2.75) is 6.61 Å². The molecule has 1 heterocycles. The van der Waals surface area contributed by atoms with Crippen LogP contribution in [0.2, 0.25) is 5.02 Å². The summed E-state index contributed by atoms with van der Waals surface area (Å²) in [5.41, 5.74) is 1.79. The third-order valence-corrected chi connectivity index (χ3v) is 4.18. The van der Waals surface area contributed by atoms with Crippen LogP contribution in [0.25, 0.3) is 16.3 Å². The number of carbonyl (C=O) groups excluding carboxylic acids is 1. The topological polar surface area (TPSA) is 39.2 Å². The van der Waals surface area contributed by atoms with Crippen molar-refractivity contribution in [1.29, 1.82) is 0 Å². The lowest BCUT2D eigenvalue weighted by Gasteiger charge is -2.02. The molecule has 3 nitrogen and oxygen atoms in total. The Hall–Kier alpha value is -2.17. The number of hydrogen-bond acceptors (Lipinski definition) is 4. The summed E-state index contributed by atoms with van der Waals surface area (Å²) >= 11 is 7.41. The number of thiazole rings is 1. The number of aromatic nitrogens is 1. The van der Waals surface area contributed by atoms with Gasteiger partial charge in [0.15, 0.2) is 0 Å². The lowest BCUT2D eigenvalue weighted by atomic mass is 10.2. The van der Waals surface area contributed by atoms with Crippen molar-refractivity contribution in [2.24, 2.45) is 0 Å². The molecule has 0 fully saturated rings. The standard InChI is InChI=1S/C17H12ClNO2S/c18-13-5-3-4-12(10-13)11-21-17(20)9-8-16-19-14-6-1-2-7-15(14)22-16/h1-10H,11H2/b9-8+. The van der Waals surface area contributed by atoms with E-state index in [0.29, 0.717) is 5.02 Å². The van der Waals surface area contributed by atoms with E-state index in [1.54, 1.807) is 18.2 Å². The van der Waals surface area contributed by atoms with E-state index in [4.69, 9.17) is 16.3 Å². The number of ether oxygens (including phenoxy) is 1. The van der Waals surface area contributed by atoms with Crippen LogP contribution in [0.3, 0.4) is 0 Å². The Morgan fingerprint density at radius 1 is 1.23 bits per heavy atom. The number of nitrogens with zero attached hydrogens (tertiary/aromatic N) is 1. The number of esters is 1. The van der Waals surface area contributed by atoms with Gasteiger partial charge in [0.25, 0.3) is 0 Å². The summed E-state index contributed by atoms with van der Waals surface area (Å²) in [6, 6.07) is 15.1. The van der Waals surface area contributed by atoms with Crippen LogP contribution >= 0.6 is 22.9 Å². The van der Waals surface area contributed by atoms with Crippen LogP contribution in [-0.4, -0.2) is 11.0 Å². The number of hydrogen-bond donors (Lipinski definition) is 0. The van der Waals surface area contributed by atoms with Gasteiger partial charge in [-0.15, -0.1) is 11.3 Å². The lowest BCUT2D eigenvalue weighted by Crippen LogP contribution is -2.00. The van der Waals surface area contributed by atoms with Gasteiger partial charge in [-0.3, -0.25) is 0 Å². The molecule has 0 saturated heterocycles. The molecule has 0 saturated carbocycles. The van der Waals surface area contributed by atoms with Gasteiger partial charge in [0.2, 0.25) is 0 Å². The van der Waals surface area contributed by atoms with Crippen molar-refractivity contribution in [3.05, 3.63) is 70.2 Å². The van der Waals surface area contributed by atoms with E-state index in [1.807, 2.05) is 36.4 Å². The highest BCUT2D eigenvalue weighted by molar-refractivity contribution is 7.19. The molecule has 110 valence electrons. The highest BCUT2D eigenvalue weighted by atomic mass is 35.5. The first-order valence-electron chi connectivity index (χ1n) is 6.65. The minimum atomic E-state index is -0.403. The van der Waals surface area contributed by atoms with Gasteiger partial charge in [-0.2, -0.15) is 0 Å². The molecule has 0 N–H and O–H groups in total. The normalized spacial score (nSPS) is 11.1. The number of halogens is 1. The largest absolute Gasteiger partial charge is 0.458 e. The maximum absolute atomic E-state index is 11.7. The molecule has 2 aromatic carbocycles. The third kappa shape index (κ3) is 3.72. The van der Waals surface area contributed by atoms with E-state index >= 15 is 0 Å². The van der Waals surface area contributed by atoms with Crippen LogP contribution in [-0.2, 0) is 16.1 Å². The fourth-order valence-corrected chi connectivity index (χ4v) is 3.01. The van der Waals surface area contributed by atoms with Gasteiger partial charge >= 0.3 is 5.97 Å². The molecule has 3 rings (SSSR count). The molecular weight excluding hydrogens is 318 g/mol. The summed E-state index contributed by atoms with van der Waals surface area (Å²) in [5.74, 6) is -0.403. The summed E-state index contributed by atoms with van der Waals surface area (Å²) < 4.78 is 6.26. The minimum absolute atomic E-state index is 0.198. The predicted molar refractivity (Wildman–Crippen MR) is 89.9 cm³/mol. The quantitative estimate of drug-likeness (QED) is 0.514. The Morgan fingerprint density at radius 2 is 2.09 bits per heavy atom. The molecule has 0 atom stereocenters. The average molecular weight is 330 g/mol. The van der Waals surface area contributed by atoms with E-state index in [9.17, 15) is 4.79 Å². The van der Waals surface area contributed by atoms with Crippen LogP contribution in [0.4, 0.5) is 0 Å². The van der Waals surface area contributed by atoms with Gasteiger partial charge in [-0.25, -0.2) is 9.78 Å². The first kappa shape index (κ1) is 14.8. The summed E-state index contributed by atoms with van der Waals surface area (Å²) in [5, 5.41) is 1.40. The molecule has 0 spiro atoms. The molecule has 0 amide bonds. The molecular formula is C17H12ClNO2S. The number of benzene rings is 2. The maximum Gasteiger partial charge on any atom is 0.331 e. The van der Waals surface area contributed by atoms with Crippen LogP contribution in [0, 0.1) is 0 Å². The van der Waals surface area contributed by atoms with Crippen molar-refractivity contribution in [1.82, 2.24) is 4.98 Å². The Kier molecular flexibility index (Phi) is 4.51. The summed E-state index contributed by atoms with van der Waals surface area (Å²) in [6.07, 6.45) is 3.06. The highest BCUT2D eigenvalue weighted by Gasteiger charge is 2.02. The smallest absolute Gasteiger partial charge is 0.331 e. The van der Waals surface area contributed by atoms with E-state index in [0.717, 1.165) is 20.8 Å². The third-order valence-electron chi connectivity index (χ3n) is 2.94. The SMILES string of the molecule is O=C(/C=C/c1nc2ccccc2s1)OCc1cccc(Cl)c1. The Morgan fingerprint density at radius 3 is 2.91 bits per heavy atom. The molecule has 0 unspecified atom stereocenters. The second kappa shape index (κ2) is 6.73. The molecule has 0 radical (unpaired) electrons. The van der Waals surface area contributed by atoms with Crippen molar-refractivity contribution in [3.63, 3.8) is 0 Å². The van der Waals surface area contributed by atoms with E-state index in [2.05, 4.69) is 4.98 Å². The molecule has 3 aromatic rings. The zero-order valence-electron chi connectivity index (χ0n) is 11.5. The minimum Gasteiger partial charge on any atom is -0.458 e. The monoisotopic (exact) mass is 329 g/mol. The van der Waals surface area contributed by atoms with Gasteiger partial charge in [0, 0.05) is 11.1 Å². The molecule has 1 aromatic heterocycles. The van der Waals surface area contributed by atoms with Crippen molar-refractivity contribution in [3.8, 4) is 0 Å². The maximum atomic E-state index is 11.7. The van der Waals surface area contributed by atoms with Crippen molar-refractivity contribution >= 4 is 45.2 Å². The van der Waals surface area contributed by atoms with Gasteiger partial charge in [-0.05, 0) is 35.9 Å². The van der Waals surface area contributed by atoms with Crippen LogP contribution in [0.1, 0.15) is 10.6 Å². The fourth-order valence-electron chi connectivity index (χ4n) is 1.93. The molecule has 0 aliphatic carbocycles. The molecule has 0 bridgehead atoms. The summed E-state index contributed by atoms with van der Waals surface area (Å²) in [7, 11) is 0.